The lowest BCUT2D eigenvalue weighted by Gasteiger charge is -2.07. The second kappa shape index (κ2) is 6.94. The number of hydrogen-bond acceptors (Lipinski definition) is 7. The Balaban J connectivity index is 3.20. The molecule has 20 heavy (non-hydrogen) atoms. The zero-order chi connectivity index (χ0) is 15.3. The van der Waals surface area contributed by atoms with Crippen molar-refractivity contribution in [1.29, 1.82) is 0 Å². The Morgan fingerprint density at radius 3 is 2.65 bits per heavy atom. The molecule has 0 amide bonds. The fourth-order valence-corrected chi connectivity index (χ4v) is 1.88. The Bertz CT molecular complexity index is 560. The van der Waals surface area contributed by atoms with Gasteiger partial charge in [-0.2, -0.15) is 0 Å². The van der Waals surface area contributed by atoms with Crippen molar-refractivity contribution in [3.63, 3.8) is 0 Å². The van der Waals surface area contributed by atoms with Crippen molar-refractivity contribution in [2.24, 2.45) is 0 Å². The quantitative estimate of drug-likeness (QED) is 0.331. The van der Waals surface area contributed by atoms with Gasteiger partial charge in [-0.05, 0) is 22.9 Å². The number of carbonyl (C=O) groups is 2. The van der Waals surface area contributed by atoms with Gasteiger partial charge in [-0.3, -0.25) is 14.9 Å². The minimum absolute atomic E-state index is 0.0138. The second-order valence-corrected chi connectivity index (χ2v) is 4.37. The van der Waals surface area contributed by atoms with Crippen LogP contribution in [0.4, 0.5) is 5.69 Å². The Kier molecular flexibility index (Phi) is 5.56. The lowest BCUT2D eigenvalue weighted by molar-refractivity contribution is -0.386. The maximum Gasteiger partial charge on any atom is 0.374 e. The molecule has 1 rings (SSSR count). The Morgan fingerprint density at radius 2 is 2.15 bits per heavy atom. The van der Waals surface area contributed by atoms with Crippen LogP contribution in [0, 0.1) is 10.1 Å². The lowest BCUT2D eigenvalue weighted by atomic mass is 10.1. The number of hydrogen-bond donors (Lipinski definition) is 0. The van der Waals surface area contributed by atoms with E-state index in [0.29, 0.717) is 0 Å². The molecule has 1 aromatic heterocycles. The molecule has 108 valence electrons. The van der Waals surface area contributed by atoms with E-state index in [9.17, 15) is 19.7 Å². The summed E-state index contributed by atoms with van der Waals surface area (Å²) in [5.41, 5.74) is -0.445. The van der Waals surface area contributed by atoms with Crippen LogP contribution in [0.5, 0.6) is 5.88 Å². The molecule has 0 N–H and O–H groups in total. The van der Waals surface area contributed by atoms with Crippen molar-refractivity contribution < 1.29 is 24.0 Å². The van der Waals surface area contributed by atoms with Crippen LogP contribution < -0.4 is 4.74 Å². The van der Waals surface area contributed by atoms with Crippen LogP contribution in [-0.4, -0.2) is 35.4 Å². The predicted octanol–water partition coefficient (Wildman–Crippen LogP) is 1.44. The van der Waals surface area contributed by atoms with Gasteiger partial charge in [0.2, 0.25) is 5.78 Å². The van der Waals surface area contributed by atoms with Crippen LogP contribution in [0.2, 0.25) is 0 Å². The number of ether oxygens (including phenoxy) is 2. The van der Waals surface area contributed by atoms with Gasteiger partial charge in [-0.25, -0.2) is 9.78 Å². The van der Waals surface area contributed by atoms with E-state index >= 15 is 0 Å². The minimum Gasteiger partial charge on any atom is -0.476 e. The van der Waals surface area contributed by atoms with Gasteiger partial charge in [0.05, 0.1) is 30.6 Å². The maximum absolute atomic E-state index is 11.6. The number of nitro groups is 1. The Hall–Kier alpha value is -2.03. The summed E-state index contributed by atoms with van der Waals surface area (Å²) < 4.78 is 9.58. The average molecular weight is 347 g/mol. The van der Waals surface area contributed by atoms with Crippen LogP contribution in [0.15, 0.2) is 10.7 Å². The monoisotopic (exact) mass is 346 g/mol. The first kappa shape index (κ1) is 16.0. The first-order valence-electron chi connectivity index (χ1n) is 5.48. The molecule has 0 atom stereocenters. The number of halogens is 1. The Morgan fingerprint density at radius 1 is 1.50 bits per heavy atom. The Labute approximate surface area is 122 Å². The number of ketones is 1. The first-order valence-corrected chi connectivity index (χ1v) is 6.27. The summed E-state index contributed by atoms with van der Waals surface area (Å²) in [7, 11) is 1.22. The zero-order valence-corrected chi connectivity index (χ0v) is 12.3. The standard InChI is InChI=1S/C11H11BrN2O6/c1-3-20-11(16)8(15)4-6-7(12)5-13-10(19-2)9(6)14(17)18/h5H,3-4H2,1-2H3. The highest BCUT2D eigenvalue weighted by Crippen LogP contribution is 2.34. The number of pyridine rings is 1. The molecule has 0 bridgehead atoms. The number of esters is 1. The molecule has 0 spiro atoms. The highest BCUT2D eigenvalue weighted by molar-refractivity contribution is 9.10. The summed E-state index contributed by atoms with van der Waals surface area (Å²) in [4.78, 5) is 37.0. The molecule has 0 saturated carbocycles. The van der Waals surface area contributed by atoms with Crippen LogP contribution in [0.25, 0.3) is 0 Å². The molecule has 0 aliphatic heterocycles. The van der Waals surface area contributed by atoms with E-state index in [-0.39, 0.29) is 22.5 Å². The summed E-state index contributed by atoms with van der Waals surface area (Å²) in [6.07, 6.45) is 0.786. The third-order valence-corrected chi connectivity index (χ3v) is 2.97. The number of Topliss-reactive ketones (excluding diaryl/α,β-unsaturated/α-hetero) is 1. The molecule has 1 heterocycles. The van der Waals surface area contributed by atoms with Gasteiger partial charge in [0.25, 0.3) is 5.88 Å². The average Bonchev–Trinajstić information content (AvgIpc) is 2.40. The SMILES string of the molecule is CCOC(=O)C(=O)Cc1c(Br)cnc(OC)c1[N+](=O)[O-]. The van der Waals surface area contributed by atoms with Crippen molar-refractivity contribution in [3.05, 3.63) is 26.3 Å². The van der Waals surface area contributed by atoms with Crippen molar-refractivity contribution in [2.75, 3.05) is 13.7 Å². The number of carbonyl (C=O) groups excluding carboxylic acids is 2. The second-order valence-electron chi connectivity index (χ2n) is 3.52. The summed E-state index contributed by atoms with van der Waals surface area (Å²) >= 11 is 3.07. The maximum atomic E-state index is 11.6. The third-order valence-electron chi connectivity index (χ3n) is 2.29. The summed E-state index contributed by atoms with van der Waals surface area (Å²) in [5, 5.41) is 11.1. The van der Waals surface area contributed by atoms with Gasteiger partial charge in [0, 0.05) is 10.7 Å². The van der Waals surface area contributed by atoms with Gasteiger partial charge >= 0.3 is 11.7 Å². The fourth-order valence-electron chi connectivity index (χ4n) is 1.45. The highest BCUT2D eigenvalue weighted by atomic mass is 79.9. The fraction of sp³-hybridized carbons (Fsp3) is 0.364. The number of aromatic nitrogens is 1. The van der Waals surface area contributed by atoms with E-state index < -0.39 is 28.8 Å². The van der Waals surface area contributed by atoms with E-state index in [0.717, 1.165) is 0 Å². The first-order chi connectivity index (χ1) is 9.42. The zero-order valence-electron chi connectivity index (χ0n) is 10.7. The molecular weight excluding hydrogens is 336 g/mol. The predicted molar refractivity (Wildman–Crippen MR) is 70.5 cm³/mol. The van der Waals surface area contributed by atoms with Crippen LogP contribution in [0.1, 0.15) is 12.5 Å². The van der Waals surface area contributed by atoms with Crippen molar-refractivity contribution in [3.8, 4) is 5.88 Å². The van der Waals surface area contributed by atoms with Crippen LogP contribution in [-0.2, 0) is 20.7 Å². The van der Waals surface area contributed by atoms with Gasteiger partial charge in [0.15, 0.2) is 0 Å². The number of methoxy groups -OCH3 is 1. The van der Waals surface area contributed by atoms with E-state index in [1.165, 1.54) is 13.3 Å². The molecule has 1 aromatic rings. The molecule has 0 aromatic carbocycles. The van der Waals surface area contributed by atoms with Gasteiger partial charge in [-0.1, -0.05) is 0 Å². The normalized spacial score (nSPS) is 9.95. The molecular formula is C11H11BrN2O6. The molecule has 8 nitrogen and oxygen atoms in total. The van der Waals surface area contributed by atoms with Gasteiger partial charge < -0.3 is 9.47 Å². The molecule has 0 saturated heterocycles. The molecule has 0 aliphatic carbocycles. The smallest absolute Gasteiger partial charge is 0.374 e. The van der Waals surface area contributed by atoms with Crippen LogP contribution in [0.3, 0.4) is 0 Å². The molecule has 0 unspecified atom stereocenters. The number of rotatable bonds is 6. The van der Waals surface area contributed by atoms with Gasteiger partial charge in [-0.15, -0.1) is 0 Å². The van der Waals surface area contributed by atoms with Crippen molar-refractivity contribution in [1.82, 2.24) is 4.98 Å². The van der Waals surface area contributed by atoms with Crippen molar-refractivity contribution >= 4 is 33.4 Å². The summed E-state index contributed by atoms with van der Waals surface area (Å²) in [5.74, 6) is -2.15. The third kappa shape index (κ3) is 3.50. The summed E-state index contributed by atoms with van der Waals surface area (Å²) in [6, 6.07) is 0. The minimum atomic E-state index is -1.04. The molecule has 0 aliphatic rings. The van der Waals surface area contributed by atoms with E-state index in [1.807, 2.05) is 0 Å². The summed E-state index contributed by atoms with van der Waals surface area (Å²) in [6.45, 7) is 1.60. The van der Waals surface area contributed by atoms with Gasteiger partial charge in [0.1, 0.15) is 0 Å². The highest BCUT2D eigenvalue weighted by Gasteiger charge is 2.28. The molecule has 9 heteroatoms. The number of nitrogens with zero attached hydrogens (tertiary/aromatic N) is 2. The van der Waals surface area contributed by atoms with Crippen LogP contribution >= 0.6 is 15.9 Å². The topological polar surface area (TPSA) is 109 Å². The van der Waals surface area contributed by atoms with E-state index in [4.69, 9.17) is 4.74 Å². The molecule has 0 fully saturated rings. The van der Waals surface area contributed by atoms with Crippen molar-refractivity contribution in [2.45, 2.75) is 13.3 Å². The van der Waals surface area contributed by atoms with E-state index in [1.54, 1.807) is 6.92 Å². The largest absolute Gasteiger partial charge is 0.476 e. The molecule has 0 radical (unpaired) electrons. The van der Waals surface area contributed by atoms with E-state index in [2.05, 4.69) is 25.7 Å². The lowest BCUT2D eigenvalue weighted by Crippen LogP contribution is -2.20.